The average Bonchev–Trinajstić information content (AvgIpc) is 3.63. The lowest BCUT2D eigenvalue weighted by Crippen LogP contribution is -2.53. The molecule has 58 heavy (non-hydrogen) atoms. The topological polar surface area (TPSA) is 119 Å². The van der Waals surface area contributed by atoms with Crippen LogP contribution >= 0.6 is 11.6 Å². The van der Waals surface area contributed by atoms with Gasteiger partial charge >= 0.3 is 0 Å². The van der Waals surface area contributed by atoms with Crippen LogP contribution in [0.25, 0.3) is 10.8 Å². The number of hydrazine groups is 1. The molecule has 4 amide bonds. The number of phenols is 1. The summed E-state index contributed by atoms with van der Waals surface area (Å²) < 4.78 is 19.5. The Bertz CT molecular complexity index is 2540. The number of carbonyl (C=O) groups is 4. The van der Waals surface area contributed by atoms with Crippen molar-refractivity contribution in [2.24, 2.45) is 23.7 Å². The van der Waals surface area contributed by atoms with E-state index in [0.717, 1.165) is 34.7 Å². The fraction of sp³-hybridized carbons (Fsp3) is 0.261. The molecule has 5 aromatic rings. The van der Waals surface area contributed by atoms with Crippen molar-refractivity contribution in [2.75, 3.05) is 41.5 Å². The zero-order valence-electron chi connectivity index (χ0n) is 31.2. The molecule has 0 bridgehead atoms. The summed E-state index contributed by atoms with van der Waals surface area (Å²) >= 11 is 6.44. The summed E-state index contributed by atoms with van der Waals surface area (Å²) in [6, 6.07) is 30.6. The summed E-state index contributed by atoms with van der Waals surface area (Å²) in [7, 11) is 0. The van der Waals surface area contributed by atoms with E-state index < -0.39 is 52.6 Å². The van der Waals surface area contributed by atoms with E-state index in [2.05, 4.69) is 10.3 Å². The van der Waals surface area contributed by atoms with Crippen molar-refractivity contribution in [3.8, 4) is 5.75 Å². The number of halogens is 2. The van der Waals surface area contributed by atoms with Crippen molar-refractivity contribution >= 4 is 63.1 Å². The van der Waals surface area contributed by atoms with Crippen LogP contribution in [0.4, 0.5) is 21.5 Å². The number of imide groups is 2. The van der Waals surface area contributed by atoms with Gasteiger partial charge in [-0.25, -0.2) is 4.39 Å². The number of benzene rings is 5. The molecule has 2 aliphatic carbocycles. The molecule has 1 saturated carbocycles. The van der Waals surface area contributed by atoms with E-state index in [1.165, 1.54) is 29.2 Å². The second-order valence-electron chi connectivity index (χ2n) is 15.7. The number of nitrogens with one attached hydrogen (secondary N) is 1. The van der Waals surface area contributed by atoms with Gasteiger partial charge in [0.1, 0.15) is 11.6 Å². The Morgan fingerprint density at radius 1 is 0.776 bits per heavy atom. The quantitative estimate of drug-likeness (QED) is 0.135. The van der Waals surface area contributed by atoms with Crippen molar-refractivity contribution in [2.45, 2.75) is 24.2 Å². The van der Waals surface area contributed by atoms with Gasteiger partial charge in [0.25, 0.3) is 11.8 Å². The molecule has 0 spiro atoms. The Balaban J connectivity index is 1.14. The molecule has 3 aliphatic heterocycles. The lowest BCUT2D eigenvalue weighted by atomic mass is 9.48. The molecule has 5 aromatic carbocycles. The van der Waals surface area contributed by atoms with E-state index in [9.17, 15) is 19.1 Å². The summed E-state index contributed by atoms with van der Waals surface area (Å²) in [5.41, 5.74) is 4.78. The number of allylic oxidation sites excluding steroid dienone is 2. The fourth-order valence-corrected chi connectivity index (χ4v) is 10.6. The Morgan fingerprint density at radius 3 is 2.22 bits per heavy atom. The molecule has 0 aromatic heterocycles. The van der Waals surface area contributed by atoms with Crippen LogP contribution in [0.5, 0.6) is 5.75 Å². The smallest absolute Gasteiger partial charge is 0.260 e. The minimum atomic E-state index is -1.63. The van der Waals surface area contributed by atoms with Gasteiger partial charge in [-0.05, 0) is 102 Å². The van der Waals surface area contributed by atoms with E-state index in [1.807, 2.05) is 42.5 Å². The van der Waals surface area contributed by atoms with Crippen LogP contribution in [-0.4, -0.2) is 60.0 Å². The zero-order valence-corrected chi connectivity index (χ0v) is 31.9. The first-order chi connectivity index (χ1) is 28.2. The third-order valence-electron chi connectivity index (χ3n) is 13.0. The first-order valence-electron chi connectivity index (χ1n) is 19.5. The van der Waals surface area contributed by atoms with Gasteiger partial charge in [-0.15, -0.1) is 0 Å². The molecule has 3 saturated heterocycles. The fourth-order valence-electron chi connectivity index (χ4n) is 10.4. The summed E-state index contributed by atoms with van der Waals surface area (Å²) in [6.45, 7) is 2.73. The maximum Gasteiger partial charge on any atom is 0.260 e. The number of anilines is 3. The second-order valence-corrected chi connectivity index (χ2v) is 16.2. The maximum atomic E-state index is 15.5. The van der Waals surface area contributed by atoms with Gasteiger partial charge in [0.2, 0.25) is 11.8 Å². The highest BCUT2D eigenvalue weighted by Gasteiger charge is 2.71. The number of ether oxygens (including phenoxy) is 1. The van der Waals surface area contributed by atoms with E-state index in [0.29, 0.717) is 46.1 Å². The molecule has 292 valence electrons. The van der Waals surface area contributed by atoms with Crippen molar-refractivity contribution in [3.63, 3.8) is 0 Å². The summed E-state index contributed by atoms with van der Waals surface area (Å²) in [5, 5.41) is 14.9. The number of nitrogens with zero attached hydrogens (tertiary/aromatic N) is 3. The van der Waals surface area contributed by atoms with Crippen LogP contribution in [0, 0.1) is 29.5 Å². The van der Waals surface area contributed by atoms with Crippen molar-refractivity contribution in [1.29, 1.82) is 0 Å². The third-order valence-corrected chi connectivity index (χ3v) is 13.2. The molecular weight excluding hydrogens is 759 g/mol. The van der Waals surface area contributed by atoms with E-state index >= 15 is 9.59 Å². The average molecular weight is 797 g/mol. The van der Waals surface area contributed by atoms with Gasteiger partial charge in [-0.1, -0.05) is 65.7 Å². The number of carbonyl (C=O) groups excluding carboxylic acids is 4. The maximum absolute atomic E-state index is 15.5. The van der Waals surface area contributed by atoms with Crippen LogP contribution in [0.15, 0.2) is 121 Å². The van der Waals surface area contributed by atoms with Crippen molar-refractivity contribution in [1.82, 2.24) is 5.01 Å². The monoisotopic (exact) mass is 796 g/mol. The van der Waals surface area contributed by atoms with Gasteiger partial charge in [0.15, 0.2) is 0 Å². The van der Waals surface area contributed by atoms with Crippen LogP contribution in [0.3, 0.4) is 0 Å². The normalized spacial score (nSPS) is 26.8. The highest BCUT2D eigenvalue weighted by Crippen LogP contribution is 2.65. The number of aromatic hydroxyl groups is 1. The lowest BCUT2D eigenvalue weighted by molar-refractivity contribution is -0.138. The highest BCUT2D eigenvalue weighted by atomic mass is 35.5. The lowest BCUT2D eigenvalue weighted by Gasteiger charge is -2.51. The molecule has 0 unspecified atom stereocenters. The van der Waals surface area contributed by atoms with Gasteiger partial charge in [-0.3, -0.25) is 29.5 Å². The van der Waals surface area contributed by atoms with Crippen LogP contribution in [-0.2, 0) is 29.3 Å². The van der Waals surface area contributed by atoms with Gasteiger partial charge in [0.05, 0.1) is 47.8 Å². The first kappa shape index (κ1) is 36.3. The number of amides is 4. The Labute approximate surface area is 338 Å². The van der Waals surface area contributed by atoms with Crippen LogP contribution in [0.1, 0.15) is 29.9 Å². The van der Waals surface area contributed by atoms with Gasteiger partial charge in [0, 0.05) is 35.3 Å². The molecule has 4 fully saturated rings. The predicted molar refractivity (Wildman–Crippen MR) is 217 cm³/mol. The number of phenolic OH excluding ortho intramolecular Hbond substituents is 1. The predicted octanol–water partition coefficient (Wildman–Crippen LogP) is 7.36. The van der Waals surface area contributed by atoms with E-state index in [-0.39, 0.29) is 30.4 Å². The van der Waals surface area contributed by atoms with Crippen molar-refractivity contribution in [3.05, 3.63) is 143 Å². The number of hydrogen-bond donors (Lipinski definition) is 2. The van der Waals surface area contributed by atoms with Crippen LogP contribution < -0.4 is 15.2 Å². The SMILES string of the molecule is O=C1[C@@H]2C[C@@H]3C(=CC[C@@H]4C(=O)N(c5ccc(N6CCOCC6)cc5)C(=O)[C@@H]43)[C@H](c3c(O)ccc4ccccc34)[C@]2(c2ccc(Cl)cc2)C(=O)N1Nc1ccc(F)cc1. The Kier molecular flexibility index (Phi) is 8.65. The van der Waals surface area contributed by atoms with E-state index in [1.54, 1.807) is 48.5 Å². The molecule has 6 atom stereocenters. The number of hydrogen-bond acceptors (Lipinski definition) is 8. The minimum Gasteiger partial charge on any atom is -0.508 e. The second kappa shape index (κ2) is 13.8. The zero-order chi connectivity index (χ0) is 39.9. The summed E-state index contributed by atoms with van der Waals surface area (Å²) in [6.07, 6.45) is 2.27. The molecule has 12 heteroatoms. The van der Waals surface area contributed by atoms with Gasteiger partial charge < -0.3 is 14.7 Å². The number of fused-ring (bicyclic) bond motifs is 5. The largest absolute Gasteiger partial charge is 0.508 e. The third kappa shape index (κ3) is 5.40. The Morgan fingerprint density at radius 2 is 1.48 bits per heavy atom. The summed E-state index contributed by atoms with van der Waals surface area (Å²) in [4.78, 5) is 63.3. The standard InChI is InChI=1S/C46H38ClFN4O6/c47-28-8-6-27(7-9-28)46-37(43(55)52(45(46)57)49-30-12-10-29(48)11-13-30)25-36-34(41(46)40-33-4-2-1-3-26(33)5-20-38(40)53)18-19-35-39(36)44(56)51(42(35)54)32-16-14-31(15-17-32)50-21-23-58-24-22-50/h1-18,20,35-37,39,41,49,53H,19,21-25H2/t35-,36+,37-,39-,41+,46+/m0/s1. The molecule has 3 heterocycles. The van der Waals surface area contributed by atoms with E-state index in [4.69, 9.17) is 16.3 Å². The highest BCUT2D eigenvalue weighted by molar-refractivity contribution is 6.30. The number of morpholine rings is 1. The molecule has 10 nitrogen and oxygen atoms in total. The molecule has 10 rings (SSSR count). The Hall–Kier alpha value is -6.04. The molecule has 0 radical (unpaired) electrons. The first-order valence-corrected chi connectivity index (χ1v) is 19.9. The number of rotatable bonds is 6. The molecular formula is C46H38ClFN4O6. The van der Waals surface area contributed by atoms with Crippen LogP contribution in [0.2, 0.25) is 5.02 Å². The minimum absolute atomic E-state index is 0.0690. The molecule has 2 N–H and O–H groups in total. The molecule has 5 aliphatic rings. The summed E-state index contributed by atoms with van der Waals surface area (Å²) in [5.74, 6) is -6.47. The van der Waals surface area contributed by atoms with Crippen molar-refractivity contribution < 1.29 is 33.4 Å². The van der Waals surface area contributed by atoms with Gasteiger partial charge in [-0.2, -0.15) is 5.01 Å².